The smallest absolute Gasteiger partial charge is 0.261 e. The number of hydrogen-bond donors (Lipinski definition) is 3. The SMILES string of the molecule is CN=C/C(=C(/C)NC)c1nc(C)cc(C(=O)Nc2nc3cc(C4CCN(C5CC5)CC4)ccc3n2C2CCC(O)CC2)c1F. The van der Waals surface area contributed by atoms with E-state index in [1.165, 1.54) is 24.5 Å². The molecule has 1 amide bonds. The average molecular weight is 602 g/mol. The fraction of sp³-hybridized carbons (Fsp3) is 0.529. The number of imidazole rings is 1. The van der Waals surface area contributed by atoms with E-state index >= 15 is 4.39 Å². The molecular formula is C34H44FN7O2. The number of nitrogens with zero attached hydrogens (tertiary/aromatic N) is 5. The molecule has 0 spiro atoms. The summed E-state index contributed by atoms with van der Waals surface area (Å²) in [6.45, 7) is 5.84. The molecule has 6 rings (SSSR count). The number of nitrogens with one attached hydrogen (secondary N) is 2. The second kappa shape index (κ2) is 12.8. The number of aliphatic hydroxyl groups is 1. The molecule has 0 radical (unpaired) electrons. The minimum absolute atomic E-state index is 0.0690. The van der Waals surface area contributed by atoms with Crippen molar-refractivity contribution >= 4 is 34.7 Å². The van der Waals surface area contributed by atoms with Crippen LogP contribution in [0.2, 0.25) is 0 Å². The van der Waals surface area contributed by atoms with Crippen LogP contribution in [0.1, 0.15) is 97.6 Å². The molecule has 0 atom stereocenters. The number of fused-ring (bicyclic) bond motifs is 1. The monoisotopic (exact) mass is 601 g/mol. The Morgan fingerprint density at radius 1 is 1.05 bits per heavy atom. The summed E-state index contributed by atoms with van der Waals surface area (Å²) >= 11 is 0. The lowest BCUT2D eigenvalue weighted by Gasteiger charge is -2.32. The molecule has 3 aliphatic rings. The molecule has 0 unspecified atom stereocenters. The van der Waals surface area contributed by atoms with Crippen molar-refractivity contribution in [3.05, 3.63) is 58.3 Å². The molecule has 44 heavy (non-hydrogen) atoms. The number of aryl methyl sites for hydroxylation is 1. The normalized spacial score (nSPS) is 22.4. The molecule has 2 saturated carbocycles. The summed E-state index contributed by atoms with van der Waals surface area (Å²) in [7, 11) is 3.36. The largest absolute Gasteiger partial charge is 0.393 e. The van der Waals surface area contributed by atoms with E-state index in [0.717, 1.165) is 55.8 Å². The van der Waals surface area contributed by atoms with Gasteiger partial charge in [-0.3, -0.25) is 15.1 Å². The van der Waals surface area contributed by atoms with E-state index in [2.05, 4.69) is 48.3 Å². The van der Waals surface area contributed by atoms with Crippen LogP contribution in [0.5, 0.6) is 0 Å². The van der Waals surface area contributed by atoms with Crippen LogP contribution in [-0.2, 0) is 0 Å². The second-order valence-corrected chi connectivity index (χ2v) is 12.7. The predicted molar refractivity (Wildman–Crippen MR) is 173 cm³/mol. The van der Waals surface area contributed by atoms with Crippen molar-refractivity contribution in [3.63, 3.8) is 0 Å². The van der Waals surface area contributed by atoms with Gasteiger partial charge >= 0.3 is 0 Å². The summed E-state index contributed by atoms with van der Waals surface area (Å²) in [5, 5.41) is 16.2. The highest BCUT2D eigenvalue weighted by Crippen LogP contribution is 2.38. The fourth-order valence-corrected chi connectivity index (χ4v) is 6.95. The molecule has 3 N–H and O–H groups in total. The molecule has 1 aromatic carbocycles. The maximum Gasteiger partial charge on any atom is 0.261 e. The van der Waals surface area contributed by atoms with Gasteiger partial charge in [0.05, 0.1) is 22.7 Å². The zero-order valence-corrected chi connectivity index (χ0v) is 26.2. The molecule has 0 bridgehead atoms. The summed E-state index contributed by atoms with van der Waals surface area (Å²) in [6, 6.07) is 8.86. The first-order valence-corrected chi connectivity index (χ1v) is 16.0. The van der Waals surface area contributed by atoms with Crippen LogP contribution in [0.4, 0.5) is 10.3 Å². The molecule has 10 heteroatoms. The average Bonchev–Trinajstić information content (AvgIpc) is 3.82. The number of benzene rings is 1. The first kappa shape index (κ1) is 30.4. The van der Waals surface area contributed by atoms with Gasteiger partial charge in [0.25, 0.3) is 5.91 Å². The number of allylic oxidation sites excluding steroid dienone is 2. The third-order valence-electron chi connectivity index (χ3n) is 9.66. The highest BCUT2D eigenvalue weighted by atomic mass is 19.1. The van der Waals surface area contributed by atoms with E-state index in [9.17, 15) is 9.90 Å². The molecule has 9 nitrogen and oxygen atoms in total. The number of aromatic nitrogens is 3. The number of halogens is 1. The molecule has 2 aliphatic carbocycles. The fourth-order valence-electron chi connectivity index (χ4n) is 6.95. The summed E-state index contributed by atoms with van der Waals surface area (Å²) in [5.41, 5.74) is 4.72. The van der Waals surface area contributed by atoms with Gasteiger partial charge in [-0.1, -0.05) is 6.07 Å². The van der Waals surface area contributed by atoms with Crippen molar-refractivity contribution < 1.29 is 14.3 Å². The van der Waals surface area contributed by atoms with E-state index in [0.29, 0.717) is 41.7 Å². The molecule has 1 aliphatic heterocycles. The number of carbonyl (C=O) groups is 1. The van der Waals surface area contributed by atoms with Crippen LogP contribution in [0.3, 0.4) is 0 Å². The van der Waals surface area contributed by atoms with Crippen molar-refractivity contribution in [1.29, 1.82) is 0 Å². The molecule has 1 saturated heterocycles. The first-order chi connectivity index (χ1) is 21.3. The molecule has 3 aromatic rings. The summed E-state index contributed by atoms with van der Waals surface area (Å²) in [5.74, 6) is -0.394. The highest BCUT2D eigenvalue weighted by molar-refractivity contribution is 6.11. The lowest BCUT2D eigenvalue weighted by Crippen LogP contribution is -2.34. The van der Waals surface area contributed by atoms with Crippen LogP contribution in [0, 0.1) is 12.7 Å². The van der Waals surface area contributed by atoms with Crippen LogP contribution < -0.4 is 10.6 Å². The quantitative estimate of drug-likeness (QED) is 0.290. The van der Waals surface area contributed by atoms with Gasteiger partial charge in [-0.2, -0.15) is 0 Å². The zero-order chi connectivity index (χ0) is 31.0. The minimum Gasteiger partial charge on any atom is -0.393 e. The van der Waals surface area contributed by atoms with Crippen molar-refractivity contribution in [3.8, 4) is 0 Å². The standard InChI is InChI=1S/C34H44FN7O2/c1-20-17-27(31(35)32(38-20)28(19-36-3)21(2)37-4)33(44)40-34-39-29-18-23(22-13-15-41(16-14-22)24-6-7-24)5-12-30(29)42(34)25-8-10-26(43)11-9-25/h5,12,17-19,22,24-26,37,43H,6-11,13-16H2,1-4H3,(H,39,40,44)/b28-21+,36-19?. The Morgan fingerprint density at radius 3 is 2.41 bits per heavy atom. The van der Waals surface area contributed by atoms with Gasteiger partial charge in [-0.25, -0.2) is 14.4 Å². The van der Waals surface area contributed by atoms with E-state index < -0.39 is 11.7 Å². The third-order valence-corrected chi connectivity index (χ3v) is 9.66. The van der Waals surface area contributed by atoms with Gasteiger partial charge in [0, 0.05) is 49.4 Å². The van der Waals surface area contributed by atoms with E-state index in [-0.39, 0.29) is 23.4 Å². The van der Waals surface area contributed by atoms with Gasteiger partial charge in [-0.05, 0) is 108 Å². The van der Waals surface area contributed by atoms with Gasteiger partial charge in [-0.15, -0.1) is 0 Å². The first-order valence-electron chi connectivity index (χ1n) is 16.0. The molecular weight excluding hydrogens is 557 g/mol. The summed E-state index contributed by atoms with van der Waals surface area (Å²) in [6.07, 6.45) is 9.12. The second-order valence-electron chi connectivity index (χ2n) is 12.7. The Kier molecular flexibility index (Phi) is 8.82. The highest BCUT2D eigenvalue weighted by Gasteiger charge is 2.33. The van der Waals surface area contributed by atoms with Crippen molar-refractivity contribution in [1.82, 2.24) is 24.8 Å². The molecule has 3 fully saturated rings. The van der Waals surface area contributed by atoms with Crippen LogP contribution in [-0.4, -0.2) is 76.0 Å². The molecule has 234 valence electrons. The number of pyridine rings is 1. The number of carbonyl (C=O) groups excluding carboxylic acids is 1. The lowest BCUT2D eigenvalue weighted by molar-refractivity contribution is 0.101. The maximum absolute atomic E-state index is 16.0. The van der Waals surface area contributed by atoms with Crippen molar-refractivity contribution in [2.75, 3.05) is 32.5 Å². The van der Waals surface area contributed by atoms with Gasteiger partial charge in [0.15, 0.2) is 5.82 Å². The number of aliphatic imine (C=N–C) groups is 1. The van der Waals surface area contributed by atoms with Gasteiger partial charge in [0.2, 0.25) is 5.95 Å². The molecule has 3 heterocycles. The Labute approximate surface area is 258 Å². The van der Waals surface area contributed by atoms with E-state index in [1.54, 1.807) is 27.2 Å². The number of anilines is 1. The summed E-state index contributed by atoms with van der Waals surface area (Å²) < 4.78 is 18.1. The predicted octanol–water partition coefficient (Wildman–Crippen LogP) is 5.60. The summed E-state index contributed by atoms with van der Waals surface area (Å²) in [4.78, 5) is 29.9. The van der Waals surface area contributed by atoms with E-state index in [1.807, 2.05) is 6.92 Å². The van der Waals surface area contributed by atoms with Gasteiger partial charge < -0.3 is 19.9 Å². The minimum atomic E-state index is -0.708. The van der Waals surface area contributed by atoms with Crippen molar-refractivity contribution in [2.45, 2.75) is 89.3 Å². The Hall–Kier alpha value is -3.63. The number of hydrogen-bond acceptors (Lipinski definition) is 7. The van der Waals surface area contributed by atoms with Crippen LogP contribution in [0.15, 0.2) is 35.0 Å². The Bertz CT molecular complexity index is 1590. The number of aliphatic hydroxyl groups excluding tert-OH is 1. The van der Waals surface area contributed by atoms with Crippen LogP contribution >= 0.6 is 0 Å². The number of likely N-dealkylation sites (tertiary alicyclic amines) is 1. The Balaban J connectivity index is 1.34. The van der Waals surface area contributed by atoms with Crippen LogP contribution in [0.25, 0.3) is 16.6 Å². The topological polar surface area (TPSA) is 108 Å². The maximum atomic E-state index is 16.0. The lowest BCUT2D eigenvalue weighted by atomic mass is 9.89. The zero-order valence-electron chi connectivity index (χ0n) is 26.2. The third kappa shape index (κ3) is 6.15. The number of piperidine rings is 1. The van der Waals surface area contributed by atoms with E-state index in [4.69, 9.17) is 4.98 Å². The molecule has 2 aromatic heterocycles. The van der Waals surface area contributed by atoms with Crippen molar-refractivity contribution in [2.24, 2.45) is 4.99 Å². The number of rotatable bonds is 8. The Morgan fingerprint density at radius 2 is 1.75 bits per heavy atom. The number of amides is 1. The van der Waals surface area contributed by atoms with Gasteiger partial charge in [0.1, 0.15) is 5.69 Å².